The van der Waals surface area contributed by atoms with Crippen LogP contribution in [0.1, 0.15) is 40.0 Å². The Labute approximate surface area is 86.3 Å². The standard InChI is InChI=1S/C12H20O2/c1-8(2)12(13)14-11-7-5-6-9(3)10(11)4/h9-11H,1,5-7H2,2-4H3. The molecule has 3 atom stereocenters. The molecule has 0 heterocycles. The molecule has 0 spiro atoms. The molecule has 80 valence electrons. The molecule has 0 aliphatic heterocycles. The van der Waals surface area contributed by atoms with Gasteiger partial charge >= 0.3 is 5.97 Å². The molecule has 0 bridgehead atoms. The zero-order valence-electron chi connectivity index (χ0n) is 9.38. The number of esters is 1. The van der Waals surface area contributed by atoms with Gasteiger partial charge in [-0.25, -0.2) is 4.79 Å². The Kier molecular flexibility index (Phi) is 3.73. The van der Waals surface area contributed by atoms with Crippen LogP contribution < -0.4 is 0 Å². The quantitative estimate of drug-likeness (QED) is 0.501. The second-order valence-corrected chi connectivity index (χ2v) is 4.49. The lowest BCUT2D eigenvalue weighted by Crippen LogP contribution is -2.33. The Bertz CT molecular complexity index is 232. The van der Waals surface area contributed by atoms with E-state index in [1.54, 1.807) is 6.92 Å². The molecule has 0 N–H and O–H groups in total. The van der Waals surface area contributed by atoms with Crippen LogP contribution >= 0.6 is 0 Å². The minimum absolute atomic E-state index is 0.1000. The summed E-state index contributed by atoms with van der Waals surface area (Å²) in [5.41, 5.74) is 0.496. The molecule has 1 fully saturated rings. The van der Waals surface area contributed by atoms with E-state index in [1.807, 2.05) is 0 Å². The van der Waals surface area contributed by atoms with Crippen molar-refractivity contribution in [1.29, 1.82) is 0 Å². The monoisotopic (exact) mass is 196 g/mol. The first kappa shape index (κ1) is 11.3. The molecule has 0 amide bonds. The third-order valence-electron chi connectivity index (χ3n) is 3.24. The van der Waals surface area contributed by atoms with Gasteiger partial charge in [0.2, 0.25) is 0 Å². The van der Waals surface area contributed by atoms with Crippen molar-refractivity contribution in [1.82, 2.24) is 0 Å². The number of ether oxygens (including phenoxy) is 1. The van der Waals surface area contributed by atoms with Gasteiger partial charge in [0.25, 0.3) is 0 Å². The Morgan fingerprint density at radius 2 is 2.00 bits per heavy atom. The SMILES string of the molecule is C=C(C)C(=O)OC1CCCC(C)C1C. The van der Waals surface area contributed by atoms with Gasteiger partial charge < -0.3 is 4.74 Å². The highest BCUT2D eigenvalue weighted by atomic mass is 16.5. The Morgan fingerprint density at radius 1 is 1.36 bits per heavy atom. The highest BCUT2D eigenvalue weighted by Gasteiger charge is 2.29. The van der Waals surface area contributed by atoms with Crippen LogP contribution in [0.5, 0.6) is 0 Å². The summed E-state index contributed by atoms with van der Waals surface area (Å²) in [7, 11) is 0. The number of hydrogen-bond acceptors (Lipinski definition) is 2. The minimum atomic E-state index is -0.240. The smallest absolute Gasteiger partial charge is 0.333 e. The van der Waals surface area contributed by atoms with Crippen molar-refractivity contribution in [3.63, 3.8) is 0 Å². The van der Waals surface area contributed by atoms with Crippen LogP contribution in [0.15, 0.2) is 12.2 Å². The average Bonchev–Trinajstić information content (AvgIpc) is 2.12. The van der Waals surface area contributed by atoms with Crippen LogP contribution in [0.3, 0.4) is 0 Å². The number of carbonyl (C=O) groups excluding carboxylic acids is 1. The van der Waals surface area contributed by atoms with Gasteiger partial charge in [-0.15, -0.1) is 0 Å². The fourth-order valence-corrected chi connectivity index (χ4v) is 1.94. The Balaban J connectivity index is 2.51. The second-order valence-electron chi connectivity index (χ2n) is 4.49. The van der Waals surface area contributed by atoms with Crippen LogP contribution in [0.25, 0.3) is 0 Å². The fourth-order valence-electron chi connectivity index (χ4n) is 1.94. The predicted octanol–water partition coefficient (Wildman–Crippen LogP) is 2.93. The van der Waals surface area contributed by atoms with Gasteiger partial charge in [-0.3, -0.25) is 0 Å². The minimum Gasteiger partial charge on any atom is -0.459 e. The number of hydrogen-bond donors (Lipinski definition) is 0. The van der Waals surface area contributed by atoms with Gasteiger partial charge in [0.05, 0.1) is 0 Å². The summed E-state index contributed by atoms with van der Waals surface area (Å²) in [4.78, 5) is 11.3. The van der Waals surface area contributed by atoms with Crippen molar-refractivity contribution in [2.24, 2.45) is 11.8 Å². The first-order valence-corrected chi connectivity index (χ1v) is 5.39. The summed E-state index contributed by atoms with van der Waals surface area (Å²) in [5, 5.41) is 0. The Morgan fingerprint density at radius 3 is 2.57 bits per heavy atom. The molecule has 0 aromatic heterocycles. The highest BCUT2D eigenvalue weighted by molar-refractivity contribution is 5.87. The molecule has 1 saturated carbocycles. The lowest BCUT2D eigenvalue weighted by molar-refractivity contribution is -0.149. The molecule has 2 nitrogen and oxygen atoms in total. The largest absolute Gasteiger partial charge is 0.459 e. The van der Waals surface area contributed by atoms with Gasteiger partial charge in [0.15, 0.2) is 0 Å². The molecule has 0 radical (unpaired) electrons. The van der Waals surface area contributed by atoms with E-state index >= 15 is 0 Å². The van der Waals surface area contributed by atoms with E-state index < -0.39 is 0 Å². The van der Waals surface area contributed by atoms with Crippen molar-refractivity contribution >= 4 is 5.97 Å². The maximum Gasteiger partial charge on any atom is 0.333 e. The Hall–Kier alpha value is -0.790. The van der Waals surface area contributed by atoms with E-state index in [0.29, 0.717) is 17.4 Å². The lowest BCUT2D eigenvalue weighted by Gasteiger charge is -2.33. The van der Waals surface area contributed by atoms with E-state index in [0.717, 1.165) is 6.42 Å². The second kappa shape index (κ2) is 4.63. The van der Waals surface area contributed by atoms with Crippen LogP contribution in [-0.4, -0.2) is 12.1 Å². The maximum atomic E-state index is 11.3. The van der Waals surface area contributed by atoms with Crippen LogP contribution in [-0.2, 0) is 9.53 Å². The molecule has 1 rings (SSSR count). The highest BCUT2D eigenvalue weighted by Crippen LogP contribution is 2.31. The summed E-state index contributed by atoms with van der Waals surface area (Å²) >= 11 is 0. The maximum absolute atomic E-state index is 11.3. The zero-order valence-corrected chi connectivity index (χ0v) is 9.38. The molecule has 0 saturated heterocycles. The summed E-state index contributed by atoms with van der Waals surface area (Å²) in [6.07, 6.45) is 3.52. The van der Waals surface area contributed by atoms with Gasteiger partial charge in [-0.05, 0) is 31.6 Å². The van der Waals surface area contributed by atoms with Crippen molar-refractivity contribution in [3.8, 4) is 0 Å². The van der Waals surface area contributed by atoms with E-state index in [4.69, 9.17) is 4.74 Å². The number of carbonyl (C=O) groups is 1. The van der Waals surface area contributed by atoms with Crippen molar-refractivity contribution in [2.75, 3.05) is 0 Å². The normalized spacial score (nSPS) is 32.4. The average molecular weight is 196 g/mol. The zero-order chi connectivity index (χ0) is 10.7. The van der Waals surface area contributed by atoms with Crippen LogP contribution in [0, 0.1) is 11.8 Å². The molecule has 2 heteroatoms. The van der Waals surface area contributed by atoms with Crippen molar-refractivity contribution < 1.29 is 9.53 Å². The van der Waals surface area contributed by atoms with E-state index in [2.05, 4.69) is 20.4 Å². The van der Waals surface area contributed by atoms with Gasteiger partial charge in [0.1, 0.15) is 6.10 Å². The predicted molar refractivity (Wildman–Crippen MR) is 56.9 cm³/mol. The summed E-state index contributed by atoms with van der Waals surface area (Å²) < 4.78 is 5.40. The first-order valence-electron chi connectivity index (χ1n) is 5.39. The van der Waals surface area contributed by atoms with Gasteiger partial charge in [-0.2, -0.15) is 0 Å². The molecular weight excluding hydrogens is 176 g/mol. The van der Waals surface area contributed by atoms with E-state index in [9.17, 15) is 4.79 Å². The van der Waals surface area contributed by atoms with E-state index in [-0.39, 0.29) is 12.1 Å². The third kappa shape index (κ3) is 2.60. The molecule has 1 aliphatic carbocycles. The molecule has 1 aliphatic rings. The molecule has 3 unspecified atom stereocenters. The summed E-state index contributed by atoms with van der Waals surface area (Å²) in [5.74, 6) is 0.898. The van der Waals surface area contributed by atoms with Crippen LogP contribution in [0.4, 0.5) is 0 Å². The molecule has 0 aromatic carbocycles. The van der Waals surface area contributed by atoms with Crippen molar-refractivity contribution in [3.05, 3.63) is 12.2 Å². The summed E-state index contributed by atoms with van der Waals surface area (Å²) in [6, 6.07) is 0. The van der Waals surface area contributed by atoms with E-state index in [1.165, 1.54) is 12.8 Å². The molecule has 14 heavy (non-hydrogen) atoms. The van der Waals surface area contributed by atoms with Crippen molar-refractivity contribution in [2.45, 2.75) is 46.1 Å². The van der Waals surface area contributed by atoms with Crippen LogP contribution in [0.2, 0.25) is 0 Å². The topological polar surface area (TPSA) is 26.3 Å². The number of rotatable bonds is 2. The fraction of sp³-hybridized carbons (Fsp3) is 0.750. The molecule has 0 aromatic rings. The molecular formula is C12H20O2. The lowest BCUT2D eigenvalue weighted by atomic mass is 9.79. The first-order chi connectivity index (χ1) is 6.52. The van der Waals surface area contributed by atoms with Gasteiger partial charge in [-0.1, -0.05) is 26.8 Å². The third-order valence-corrected chi connectivity index (χ3v) is 3.24. The van der Waals surface area contributed by atoms with Gasteiger partial charge in [0, 0.05) is 5.57 Å². The summed E-state index contributed by atoms with van der Waals surface area (Å²) in [6.45, 7) is 9.68.